The lowest BCUT2D eigenvalue weighted by Crippen LogP contribution is -2.09. The molecule has 0 atom stereocenters. The van der Waals surface area contributed by atoms with E-state index in [2.05, 4.69) is 27.7 Å². The van der Waals surface area contributed by atoms with E-state index in [0.29, 0.717) is 17.3 Å². The minimum absolute atomic E-state index is 0.0388. The molecule has 0 radical (unpaired) electrons. The van der Waals surface area contributed by atoms with Crippen LogP contribution in [-0.4, -0.2) is 15.3 Å². The predicted molar refractivity (Wildman–Crippen MR) is 113 cm³/mol. The van der Waals surface area contributed by atoms with Gasteiger partial charge in [-0.05, 0) is 62.2 Å². The number of hydrogen-bond donors (Lipinski definition) is 3. The molecular formula is C24H40O3. The fourth-order valence-corrected chi connectivity index (χ4v) is 3.86. The van der Waals surface area contributed by atoms with Gasteiger partial charge in [0.15, 0.2) is 11.5 Å². The van der Waals surface area contributed by atoms with Crippen LogP contribution in [0.2, 0.25) is 0 Å². The first kappa shape index (κ1) is 21.9. The quantitative estimate of drug-likeness (QED) is 0.212. The van der Waals surface area contributed by atoms with Crippen LogP contribution >= 0.6 is 0 Å². The molecule has 154 valence electrons. The van der Waals surface area contributed by atoms with Gasteiger partial charge < -0.3 is 15.3 Å². The van der Waals surface area contributed by atoms with E-state index >= 15 is 0 Å². The van der Waals surface area contributed by atoms with Crippen molar-refractivity contribution < 1.29 is 15.3 Å². The number of phenolic OH excluding ortho intramolecular Hbond substituents is 3. The third-order valence-electron chi connectivity index (χ3n) is 6.77. The number of rotatable bonds is 12. The average molecular weight is 377 g/mol. The summed E-state index contributed by atoms with van der Waals surface area (Å²) in [4.78, 5) is 0. The van der Waals surface area contributed by atoms with Gasteiger partial charge in [0.05, 0.1) is 0 Å². The zero-order chi connectivity index (χ0) is 20.1. The highest BCUT2D eigenvalue weighted by Gasteiger charge is 2.35. The van der Waals surface area contributed by atoms with Crippen molar-refractivity contribution in [1.29, 1.82) is 0 Å². The van der Waals surface area contributed by atoms with E-state index in [0.717, 1.165) is 56.1 Å². The third kappa shape index (κ3) is 6.62. The van der Waals surface area contributed by atoms with E-state index in [1.165, 1.54) is 31.7 Å². The Balaban J connectivity index is 1.91. The van der Waals surface area contributed by atoms with Gasteiger partial charge in [0.2, 0.25) is 0 Å². The fraction of sp³-hybridized carbons (Fsp3) is 0.750. The van der Waals surface area contributed by atoms with Crippen molar-refractivity contribution in [3.05, 3.63) is 17.2 Å². The molecule has 1 fully saturated rings. The van der Waals surface area contributed by atoms with Gasteiger partial charge in [-0.1, -0.05) is 53.4 Å². The van der Waals surface area contributed by atoms with E-state index in [1.54, 1.807) is 0 Å². The van der Waals surface area contributed by atoms with Gasteiger partial charge in [-0.15, -0.1) is 0 Å². The largest absolute Gasteiger partial charge is 0.508 e. The topological polar surface area (TPSA) is 60.7 Å². The van der Waals surface area contributed by atoms with Gasteiger partial charge in [0.1, 0.15) is 5.75 Å². The third-order valence-corrected chi connectivity index (χ3v) is 6.77. The van der Waals surface area contributed by atoms with Crippen LogP contribution in [0.5, 0.6) is 17.2 Å². The van der Waals surface area contributed by atoms with Crippen LogP contribution in [0.25, 0.3) is 0 Å². The summed E-state index contributed by atoms with van der Waals surface area (Å²) < 4.78 is 0. The van der Waals surface area contributed by atoms with Crippen molar-refractivity contribution in [2.75, 3.05) is 0 Å². The lowest BCUT2D eigenvalue weighted by Gasteiger charge is -2.22. The minimum Gasteiger partial charge on any atom is -0.508 e. The van der Waals surface area contributed by atoms with E-state index < -0.39 is 0 Å². The molecule has 1 saturated carbocycles. The molecule has 1 aliphatic rings. The molecular weight excluding hydrogens is 336 g/mol. The molecule has 0 heterocycles. The first-order valence-electron chi connectivity index (χ1n) is 10.9. The van der Waals surface area contributed by atoms with Crippen LogP contribution in [0.15, 0.2) is 6.07 Å². The molecule has 3 nitrogen and oxygen atoms in total. The second kappa shape index (κ2) is 9.21. The summed E-state index contributed by atoms with van der Waals surface area (Å²) in [5, 5.41) is 30.6. The Hall–Kier alpha value is -1.38. The summed E-state index contributed by atoms with van der Waals surface area (Å²) in [6, 6.07) is 1.29. The van der Waals surface area contributed by atoms with E-state index in [9.17, 15) is 15.3 Å². The molecule has 1 aromatic carbocycles. The molecule has 0 saturated heterocycles. The second-order valence-electron chi connectivity index (χ2n) is 9.82. The van der Waals surface area contributed by atoms with Gasteiger partial charge >= 0.3 is 0 Å². The number of hydrogen-bond acceptors (Lipinski definition) is 3. The maximum Gasteiger partial charge on any atom is 0.161 e. The van der Waals surface area contributed by atoms with Crippen molar-refractivity contribution in [2.45, 2.75) is 105 Å². The molecule has 3 heteroatoms. The highest BCUT2D eigenvalue weighted by atomic mass is 16.3. The SMILES string of the molecule is CCC(C)(C)CCCCc1c(O)c(O)cc(O)c1CCCCCC1(C)CC1. The summed E-state index contributed by atoms with van der Waals surface area (Å²) in [6.45, 7) is 9.17. The number of aromatic hydroxyl groups is 3. The molecule has 1 aliphatic carbocycles. The highest BCUT2D eigenvalue weighted by molar-refractivity contribution is 5.55. The standard InChI is InChI=1S/C24H40O3/c1-5-23(2,3)13-10-8-12-19-18(20(25)17-21(26)22(19)27)11-7-6-9-14-24(4)15-16-24/h17,25-27H,5-16H2,1-4H3. The number of phenols is 3. The molecule has 1 aromatic rings. The summed E-state index contributed by atoms with van der Waals surface area (Å²) in [5.41, 5.74) is 2.54. The molecule has 3 N–H and O–H groups in total. The Morgan fingerprint density at radius 1 is 0.889 bits per heavy atom. The van der Waals surface area contributed by atoms with Crippen LogP contribution in [-0.2, 0) is 12.8 Å². The van der Waals surface area contributed by atoms with Crippen LogP contribution < -0.4 is 0 Å². The Bertz CT molecular complexity index is 615. The predicted octanol–water partition coefficient (Wildman–Crippen LogP) is 6.86. The second-order valence-corrected chi connectivity index (χ2v) is 9.82. The summed E-state index contributed by atoms with van der Waals surface area (Å²) >= 11 is 0. The molecule has 0 amide bonds. The minimum atomic E-state index is -0.207. The summed E-state index contributed by atoms with van der Waals surface area (Å²) in [6.07, 6.45) is 13.3. The molecule has 0 aromatic heterocycles. The molecule has 0 bridgehead atoms. The normalized spacial score (nSPS) is 15.9. The van der Waals surface area contributed by atoms with E-state index in [1.807, 2.05) is 0 Å². The van der Waals surface area contributed by atoms with Crippen molar-refractivity contribution in [2.24, 2.45) is 10.8 Å². The fourth-order valence-electron chi connectivity index (χ4n) is 3.86. The van der Waals surface area contributed by atoms with Gasteiger partial charge in [0.25, 0.3) is 0 Å². The van der Waals surface area contributed by atoms with Crippen molar-refractivity contribution >= 4 is 0 Å². The lowest BCUT2D eigenvalue weighted by molar-refractivity contribution is 0.309. The van der Waals surface area contributed by atoms with Crippen LogP contribution in [0.4, 0.5) is 0 Å². The van der Waals surface area contributed by atoms with Gasteiger partial charge in [-0.3, -0.25) is 0 Å². The van der Waals surface area contributed by atoms with Crippen molar-refractivity contribution in [1.82, 2.24) is 0 Å². The van der Waals surface area contributed by atoms with Crippen LogP contribution in [0.1, 0.15) is 103 Å². The van der Waals surface area contributed by atoms with Gasteiger partial charge in [-0.25, -0.2) is 0 Å². The summed E-state index contributed by atoms with van der Waals surface area (Å²) in [7, 11) is 0. The monoisotopic (exact) mass is 376 g/mol. The van der Waals surface area contributed by atoms with Crippen molar-refractivity contribution in [3.63, 3.8) is 0 Å². The van der Waals surface area contributed by atoms with Crippen LogP contribution in [0.3, 0.4) is 0 Å². The lowest BCUT2D eigenvalue weighted by atomic mass is 9.84. The van der Waals surface area contributed by atoms with E-state index in [-0.39, 0.29) is 17.2 Å². The maximum absolute atomic E-state index is 10.4. The molecule has 27 heavy (non-hydrogen) atoms. The average Bonchev–Trinajstić information content (AvgIpc) is 3.34. The number of benzene rings is 1. The maximum atomic E-state index is 10.4. The van der Waals surface area contributed by atoms with Crippen molar-refractivity contribution in [3.8, 4) is 17.2 Å². The first-order chi connectivity index (χ1) is 12.7. The molecule has 2 rings (SSSR count). The van der Waals surface area contributed by atoms with Crippen LogP contribution in [0, 0.1) is 10.8 Å². The number of unbranched alkanes of at least 4 members (excludes halogenated alkanes) is 3. The van der Waals surface area contributed by atoms with E-state index in [4.69, 9.17) is 0 Å². The Labute approximate surface area is 165 Å². The molecule has 0 spiro atoms. The Morgan fingerprint density at radius 3 is 2.15 bits per heavy atom. The summed E-state index contributed by atoms with van der Waals surface area (Å²) in [5.74, 6) is -0.117. The zero-order valence-corrected chi connectivity index (χ0v) is 17.9. The first-order valence-corrected chi connectivity index (χ1v) is 10.9. The Kier molecular flexibility index (Phi) is 7.47. The molecule has 0 aliphatic heterocycles. The van der Waals surface area contributed by atoms with Gasteiger partial charge in [0, 0.05) is 17.2 Å². The smallest absolute Gasteiger partial charge is 0.161 e. The highest BCUT2D eigenvalue weighted by Crippen LogP contribution is 2.49. The zero-order valence-electron chi connectivity index (χ0n) is 17.9. The van der Waals surface area contributed by atoms with Gasteiger partial charge in [-0.2, -0.15) is 0 Å². The Morgan fingerprint density at radius 2 is 1.52 bits per heavy atom. The molecule has 0 unspecified atom stereocenters.